The summed E-state index contributed by atoms with van der Waals surface area (Å²) in [6.45, 7) is 12.0. The fourth-order valence-corrected chi connectivity index (χ4v) is 2.78. The average Bonchev–Trinajstić information content (AvgIpc) is 3.30. The van der Waals surface area contributed by atoms with Crippen LogP contribution in [0.2, 0.25) is 0 Å². The van der Waals surface area contributed by atoms with Crippen molar-refractivity contribution in [2.75, 3.05) is 11.9 Å². The predicted molar refractivity (Wildman–Crippen MR) is 126 cm³/mol. The molecule has 0 amide bonds. The molecule has 2 atom stereocenters. The van der Waals surface area contributed by atoms with Crippen LogP contribution in [0.4, 0.5) is 10.2 Å². The summed E-state index contributed by atoms with van der Waals surface area (Å²) < 4.78 is 16.0. The van der Waals surface area contributed by atoms with Gasteiger partial charge in [0.15, 0.2) is 6.30 Å². The van der Waals surface area contributed by atoms with Crippen LogP contribution >= 0.6 is 0 Å². The Morgan fingerprint density at radius 2 is 2.16 bits per heavy atom. The number of carbonyl (C=O) groups excluding carboxylic acids is 1. The van der Waals surface area contributed by atoms with E-state index in [9.17, 15) is 14.3 Å². The van der Waals surface area contributed by atoms with Crippen LogP contribution in [0.3, 0.4) is 0 Å². The summed E-state index contributed by atoms with van der Waals surface area (Å²) in [4.78, 5) is 20.8. The lowest BCUT2D eigenvalue weighted by atomic mass is 10.0. The number of halogens is 1. The Morgan fingerprint density at radius 3 is 2.78 bits per heavy atom. The van der Waals surface area contributed by atoms with E-state index in [0.29, 0.717) is 13.0 Å². The molecule has 0 saturated carbocycles. The number of aliphatic hydroxyl groups is 1. The Balaban J connectivity index is 0.00000249. The first-order chi connectivity index (χ1) is 15.5. The Bertz CT molecular complexity index is 903. The lowest BCUT2D eigenvalue weighted by molar-refractivity contribution is 0.103. The van der Waals surface area contributed by atoms with E-state index < -0.39 is 12.1 Å². The lowest BCUT2D eigenvalue weighted by Gasteiger charge is -2.17. The summed E-state index contributed by atoms with van der Waals surface area (Å²) in [5.41, 5.74) is 1.28. The van der Waals surface area contributed by atoms with Crippen LogP contribution in [-0.2, 0) is 6.54 Å². The maximum atomic E-state index is 14.4. The molecule has 32 heavy (non-hydrogen) atoms. The minimum absolute atomic E-state index is 0.0964. The van der Waals surface area contributed by atoms with Crippen molar-refractivity contribution in [3.05, 3.63) is 72.5 Å². The highest BCUT2D eigenvalue weighted by atomic mass is 19.1. The van der Waals surface area contributed by atoms with E-state index in [2.05, 4.69) is 27.0 Å². The van der Waals surface area contributed by atoms with E-state index in [0.717, 1.165) is 5.57 Å². The number of nitrogens with one attached hydrogen (secondary N) is 1. The number of alkyl halides is 1. The maximum absolute atomic E-state index is 14.4. The molecule has 0 aliphatic carbocycles. The number of hydrogen-bond acceptors (Lipinski definition) is 6. The van der Waals surface area contributed by atoms with Gasteiger partial charge in [-0.15, -0.1) is 0 Å². The lowest BCUT2D eigenvalue weighted by Crippen LogP contribution is -2.22. The molecule has 8 heteroatoms. The highest BCUT2D eigenvalue weighted by Crippen LogP contribution is 2.19. The van der Waals surface area contributed by atoms with Gasteiger partial charge in [-0.3, -0.25) is 9.48 Å². The quantitative estimate of drug-likeness (QED) is 0.280. The van der Waals surface area contributed by atoms with Crippen LogP contribution in [0, 0.1) is 5.92 Å². The third-order valence-electron chi connectivity index (χ3n) is 4.61. The van der Waals surface area contributed by atoms with Crippen LogP contribution in [0.5, 0.6) is 0 Å². The minimum Gasteiger partial charge on any atom is -0.396 e. The number of anilines is 1. The second kappa shape index (κ2) is 14.8. The van der Waals surface area contributed by atoms with Crippen molar-refractivity contribution in [1.82, 2.24) is 19.7 Å². The van der Waals surface area contributed by atoms with E-state index in [1.807, 2.05) is 45.9 Å². The standard InChI is InChI=1S/C22H28FN5O2.C2H6/c1-4-7-8-16(5-2)13-28-10-9-19(27-28)21(30)18-12-24-15-25-22(18)26-20(23)11-17(6-3)14-29;1-2/h4-5,7-10,12,15,17,20,29H,2,6,11,13-14H2,1,3H3,(H,24,25,26);1-2H3/b7-4-,16-8+;. The molecule has 2 heterocycles. The molecule has 0 bridgehead atoms. The van der Waals surface area contributed by atoms with Gasteiger partial charge in [-0.1, -0.05) is 58.1 Å². The van der Waals surface area contributed by atoms with Gasteiger partial charge in [0, 0.05) is 25.4 Å². The zero-order valence-electron chi connectivity index (χ0n) is 19.3. The molecule has 2 N–H and O–H groups in total. The third-order valence-corrected chi connectivity index (χ3v) is 4.61. The van der Waals surface area contributed by atoms with E-state index in [4.69, 9.17) is 0 Å². The van der Waals surface area contributed by atoms with Gasteiger partial charge in [0.25, 0.3) is 0 Å². The fourth-order valence-electron chi connectivity index (χ4n) is 2.78. The number of nitrogens with zero attached hydrogens (tertiary/aromatic N) is 4. The van der Waals surface area contributed by atoms with Gasteiger partial charge in [-0.05, 0) is 24.5 Å². The number of aromatic nitrogens is 4. The normalized spacial score (nSPS) is 13.2. The number of ketones is 1. The van der Waals surface area contributed by atoms with Crippen LogP contribution in [-0.4, -0.2) is 43.5 Å². The molecule has 0 radical (unpaired) electrons. The van der Waals surface area contributed by atoms with Crippen LogP contribution in [0.15, 0.2) is 61.2 Å². The van der Waals surface area contributed by atoms with Crippen molar-refractivity contribution in [3.63, 3.8) is 0 Å². The van der Waals surface area contributed by atoms with Crippen molar-refractivity contribution < 1.29 is 14.3 Å². The summed E-state index contributed by atoms with van der Waals surface area (Å²) in [5, 5.41) is 16.2. The number of carbonyl (C=O) groups is 1. The first-order valence-electron chi connectivity index (χ1n) is 10.9. The molecule has 0 spiro atoms. The summed E-state index contributed by atoms with van der Waals surface area (Å²) in [6.07, 6.45) is 11.1. The van der Waals surface area contributed by atoms with Gasteiger partial charge in [0.1, 0.15) is 17.8 Å². The van der Waals surface area contributed by atoms with Crippen molar-refractivity contribution in [1.29, 1.82) is 0 Å². The SMILES string of the molecule is C=C/C(=C\C=C/C)Cn1ccc(C(=O)c2cncnc2NC(F)CC(CC)CO)n1.CC. The van der Waals surface area contributed by atoms with Crippen molar-refractivity contribution in [3.8, 4) is 0 Å². The molecule has 0 aliphatic rings. The highest BCUT2D eigenvalue weighted by molar-refractivity contribution is 6.10. The topological polar surface area (TPSA) is 92.9 Å². The summed E-state index contributed by atoms with van der Waals surface area (Å²) in [6, 6.07) is 1.60. The first-order valence-corrected chi connectivity index (χ1v) is 10.9. The molecule has 0 fully saturated rings. The van der Waals surface area contributed by atoms with E-state index >= 15 is 0 Å². The monoisotopic (exact) mass is 443 g/mol. The molecular weight excluding hydrogens is 409 g/mol. The molecule has 2 aromatic heterocycles. The Hall–Kier alpha value is -3.13. The van der Waals surface area contributed by atoms with Gasteiger partial charge in [0.05, 0.1) is 12.1 Å². The third kappa shape index (κ3) is 8.19. The number of aliphatic hydroxyl groups excluding tert-OH is 1. The molecule has 0 aliphatic heterocycles. The molecule has 0 saturated heterocycles. The van der Waals surface area contributed by atoms with E-state index in [1.165, 1.54) is 12.5 Å². The summed E-state index contributed by atoms with van der Waals surface area (Å²) in [5.74, 6) is -0.473. The van der Waals surface area contributed by atoms with E-state index in [-0.39, 0.29) is 36.0 Å². The minimum atomic E-state index is -1.45. The molecule has 0 aromatic carbocycles. The summed E-state index contributed by atoms with van der Waals surface area (Å²) in [7, 11) is 0. The number of rotatable bonds is 12. The largest absolute Gasteiger partial charge is 0.396 e. The van der Waals surface area contributed by atoms with Crippen LogP contribution in [0.1, 0.15) is 56.6 Å². The van der Waals surface area contributed by atoms with Gasteiger partial charge in [-0.2, -0.15) is 5.10 Å². The second-order valence-corrected chi connectivity index (χ2v) is 6.79. The van der Waals surface area contributed by atoms with Gasteiger partial charge < -0.3 is 10.4 Å². The Kier molecular flexibility index (Phi) is 12.4. The fraction of sp³-hybridized carbons (Fsp3) is 0.417. The molecule has 174 valence electrons. The van der Waals surface area contributed by atoms with Crippen LogP contribution in [0.25, 0.3) is 0 Å². The highest BCUT2D eigenvalue weighted by Gasteiger charge is 2.21. The van der Waals surface area contributed by atoms with Gasteiger partial charge in [0.2, 0.25) is 5.78 Å². The summed E-state index contributed by atoms with van der Waals surface area (Å²) >= 11 is 0. The maximum Gasteiger partial charge on any atom is 0.218 e. The molecular formula is C24H34FN5O2. The van der Waals surface area contributed by atoms with E-state index in [1.54, 1.807) is 23.0 Å². The second-order valence-electron chi connectivity index (χ2n) is 6.79. The Labute approximate surface area is 189 Å². The van der Waals surface area contributed by atoms with Crippen molar-refractivity contribution in [2.24, 2.45) is 5.92 Å². The molecule has 2 rings (SSSR count). The van der Waals surface area contributed by atoms with Crippen molar-refractivity contribution in [2.45, 2.75) is 53.4 Å². The zero-order chi connectivity index (χ0) is 23.9. The van der Waals surface area contributed by atoms with Gasteiger partial charge in [-0.25, -0.2) is 14.4 Å². The first kappa shape index (κ1) is 26.9. The predicted octanol–water partition coefficient (Wildman–Crippen LogP) is 4.73. The zero-order valence-corrected chi connectivity index (χ0v) is 19.3. The van der Waals surface area contributed by atoms with Crippen LogP contribution < -0.4 is 5.32 Å². The average molecular weight is 444 g/mol. The van der Waals surface area contributed by atoms with Crippen molar-refractivity contribution >= 4 is 11.6 Å². The number of hydrogen-bond donors (Lipinski definition) is 2. The molecule has 7 nitrogen and oxygen atoms in total. The molecule has 2 aromatic rings. The Morgan fingerprint density at radius 1 is 1.41 bits per heavy atom. The van der Waals surface area contributed by atoms with Gasteiger partial charge >= 0.3 is 0 Å². The molecule has 2 unspecified atom stereocenters. The smallest absolute Gasteiger partial charge is 0.218 e. The number of allylic oxidation sites excluding steroid dienone is 5.